The number of carbonyl (C=O) groups excluding carboxylic acids is 1. The van der Waals surface area contributed by atoms with Gasteiger partial charge in [-0.1, -0.05) is 6.07 Å². The van der Waals surface area contributed by atoms with Crippen molar-refractivity contribution in [2.45, 2.75) is 11.8 Å². The van der Waals surface area contributed by atoms with E-state index in [-0.39, 0.29) is 29.5 Å². The molecule has 3 rings (SSSR count). The predicted molar refractivity (Wildman–Crippen MR) is 91.1 cm³/mol. The average molecular weight is 417 g/mol. The van der Waals surface area contributed by atoms with Gasteiger partial charge in [0.25, 0.3) is 5.70 Å². The molecule has 3 nitrogen and oxygen atoms in total. The van der Waals surface area contributed by atoms with Crippen molar-refractivity contribution < 1.29 is 21.6 Å². The van der Waals surface area contributed by atoms with Crippen molar-refractivity contribution in [2.75, 3.05) is 12.3 Å². The first-order valence-corrected chi connectivity index (χ1v) is 8.75. The molecule has 7 heteroatoms. The van der Waals surface area contributed by atoms with Gasteiger partial charge in [0.05, 0.1) is 21.6 Å². The highest BCUT2D eigenvalue weighted by Gasteiger charge is 2.33. The van der Waals surface area contributed by atoms with Crippen molar-refractivity contribution >= 4 is 39.8 Å². The number of thioether (sulfide) groups is 1. The molecule has 1 unspecified atom stereocenters. The molecule has 1 amide bonds. The lowest BCUT2D eigenvalue weighted by Crippen LogP contribution is -3.00. The van der Waals surface area contributed by atoms with Gasteiger partial charge in [0.1, 0.15) is 11.2 Å². The lowest BCUT2D eigenvalue weighted by Gasteiger charge is -2.23. The molecule has 0 aliphatic carbocycles. The van der Waals surface area contributed by atoms with E-state index in [2.05, 4.69) is 20.9 Å². The topological polar surface area (TPSA) is 34.4 Å². The van der Waals surface area contributed by atoms with E-state index < -0.39 is 0 Å². The van der Waals surface area contributed by atoms with Crippen molar-refractivity contribution in [3.05, 3.63) is 58.0 Å². The van der Waals surface area contributed by atoms with Gasteiger partial charge >= 0.3 is 0 Å². The summed E-state index contributed by atoms with van der Waals surface area (Å²) in [6.07, 6.45) is 8.24. The minimum Gasteiger partial charge on any atom is -1.00 e. The minimum absolute atomic E-state index is 0. The summed E-state index contributed by atoms with van der Waals surface area (Å²) >= 11 is 4.78. The Kier molecular flexibility index (Phi) is 6.44. The van der Waals surface area contributed by atoms with Crippen molar-refractivity contribution in [2.24, 2.45) is 0 Å². The molecular formula is C16H14BrClFN2OS. The summed E-state index contributed by atoms with van der Waals surface area (Å²) in [6, 6.07) is 4.92. The van der Waals surface area contributed by atoms with Gasteiger partial charge in [-0.25, -0.2) is 4.39 Å². The molecule has 0 N–H and O–H groups in total. The number of rotatable bonds is 4. The van der Waals surface area contributed by atoms with Crippen LogP contribution < -0.4 is 17.4 Å². The maximum absolute atomic E-state index is 13.4. The van der Waals surface area contributed by atoms with E-state index in [1.807, 2.05) is 23.1 Å². The van der Waals surface area contributed by atoms with Gasteiger partial charge in [-0.05, 0) is 39.7 Å². The molecule has 1 saturated heterocycles. The van der Waals surface area contributed by atoms with E-state index in [4.69, 9.17) is 0 Å². The number of allylic oxidation sites excluding steroid dienone is 3. The number of halogens is 3. The fraction of sp³-hybridized carbons (Fsp3) is 0.250. The summed E-state index contributed by atoms with van der Waals surface area (Å²) in [5, 5.41) is -0.0619. The normalized spacial score (nSPS) is 19.7. The van der Waals surface area contributed by atoms with Crippen LogP contribution in [0.1, 0.15) is 17.4 Å². The van der Waals surface area contributed by atoms with Gasteiger partial charge in [-0.15, -0.1) is 11.8 Å². The van der Waals surface area contributed by atoms with Crippen LogP contribution in [-0.4, -0.2) is 29.3 Å². The molecule has 0 aromatic heterocycles. The van der Waals surface area contributed by atoms with Gasteiger partial charge in [-0.2, -0.15) is 0 Å². The highest BCUT2D eigenvalue weighted by molar-refractivity contribution is 9.10. The van der Waals surface area contributed by atoms with Crippen LogP contribution in [0, 0.1) is 5.82 Å². The number of aliphatic imine (C=N–C) groups is 1. The molecule has 2 heterocycles. The second-order valence-corrected chi connectivity index (χ2v) is 6.92. The Hall–Kier alpha value is -1.11. The summed E-state index contributed by atoms with van der Waals surface area (Å²) in [6.45, 7) is 0.614. The SMILES string of the molecule is O=C1CSC(c2ccc(F)c(Br)c2)N1CCC1=CC=CC=[N+]1.[Cl-]. The largest absolute Gasteiger partial charge is 1.00 e. The molecular weight excluding hydrogens is 403 g/mol. The Balaban J connectivity index is 0.00000192. The summed E-state index contributed by atoms with van der Waals surface area (Å²) < 4.78 is 13.8. The van der Waals surface area contributed by atoms with E-state index in [0.717, 1.165) is 11.3 Å². The zero-order chi connectivity index (χ0) is 15.5. The molecule has 0 saturated carbocycles. The number of nitrogens with zero attached hydrogens (tertiary/aromatic N) is 2. The maximum atomic E-state index is 13.4. The number of benzene rings is 1. The second kappa shape index (κ2) is 8.13. The second-order valence-electron chi connectivity index (χ2n) is 5.00. The molecule has 0 spiro atoms. The van der Waals surface area contributed by atoms with Gasteiger partial charge < -0.3 is 17.3 Å². The van der Waals surface area contributed by atoms with Crippen LogP contribution in [-0.2, 0) is 4.79 Å². The first kappa shape index (κ1) is 18.2. The fourth-order valence-corrected chi connectivity index (χ4v) is 4.02. The highest BCUT2D eigenvalue weighted by atomic mass is 79.9. The van der Waals surface area contributed by atoms with Crippen LogP contribution in [0.2, 0.25) is 0 Å². The van der Waals surface area contributed by atoms with Crippen LogP contribution in [0.25, 0.3) is 0 Å². The number of amides is 1. The number of carbonyl (C=O) groups is 1. The molecule has 1 atom stereocenters. The van der Waals surface area contributed by atoms with Crippen LogP contribution in [0.4, 0.5) is 4.39 Å². The van der Waals surface area contributed by atoms with Crippen LogP contribution in [0.5, 0.6) is 0 Å². The quantitative estimate of drug-likeness (QED) is 0.713. The van der Waals surface area contributed by atoms with Crippen LogP contribution in [0.15, 0.2) is 46.6 Å². The van der Waals surface area contributed by atoms with E-state index >= 15 is 0 Å². The first-order valence-electron chi connectivity index (χ1n) is 6.91. The molecule has 1 radical (unpaired) electrons. The van der Waals surface area contributed by atoms with Crippen molar-refractivity contribution in [1.82, 2.24) is 9.89 Å². The molecule has 2 aliphatic rings. The standard InChI is InChI=1S/C16H14BrFN2OS.ClH/c17-13-9-11(4-5-14(13)18)16-20(15(21)10-22-16)8-6-12-3-1-2-7-19-12;/h1-5,7,9,16H,6,8,10H2;1H/q+1;/p-1. The monoisotopic (exact) mass is 415 g/mol. The lowest BCUT2D eigenvalue weighted by molar-refractivity contribution is -0.128. The third-order valence-corrected chi connectivity index (χ3v) is 5.40. The van der Waals surface area contributed by atoms with Crippen LogP contribution in [0.3, 0.4) is 0 Å². The summed E-state index contributed by atoms with van der Waals surface area (Å²) in [7, 11) is 0. The zero-order valence-electron chi connectivity index (χ0n) is 12.1. The third kappa shape index (κ3) is 4.25. The van der Waals surface area contributed by atoms with Crippen molar-refractivity contribution in [1.29, 1.82) is 0 Å². The Morgan fingerprint density at radius 1 is 1.39 bits per heavy atom. The van der Waals surface area contributed by atoms with E-state index in [1.54, 1.807) is 30.1 Å². The summed E-state index contributed by atoms with van der Waals surface area (Å²) in [5.74, 6) is 0.284. The minimum atomic E-state index is -0.293. The van der Waals surface area contributed by atoms with Gasteiger partial charge in [0, 0.05) is 18.7 Å². The highest BCUT2D eigenvalue weighted by Crippen LogP contribution is 2.39. The summed E-state index contributed by atoms with van der Waals surface area (Å²) in [4.78, 5) is 18.3. The molecule has 1 aromatic carbocycles. The molecule has 121 valence electrons. The smallest absolute Gasteiger partial charge is 0.255 e. The molecule has 2 aliphatic heterocycles. The Morgan fingerprint density at radius 3 is 2.91 bits per heavy atom. The number of hydrogen-bond acceptors (Lipinski definition) is 3. The average Bonchev–Trinajstić information content (AvgIpc) is 2.90. The molecule has 0 bridgehead atoms. The molecule has 1 fully saturated rings. The van der Waals surface area contributed by atoms with E-state index in [0.29, 0.717) is 23.2 Å². The predicted octanol–water partition coefficient (Wildman–Crippen LogP) is 0.417. The lowest BCUT2D eigenvalue weighted by atomic mass is 10.2. The molecule has 23 heavy (non-hydrogen) atoms. The van der Waals surface area contributed by atoms with E-state index in [9.17, 15) is 9.18 Å². The van der Waals surface area contributed by atoms with Gasteiger partial charge in [-0.3, -0.25) is 4.79 Å². The van der Waals surface area contributed by atoms with E-state index in [1.165, 1.54) is 6.07 Å². The number of hydrogen-bond donors (Lipinski definition) is 0. The first-order chi connectivity index (χ1) is 10.6. The maximum Gasteiger partial charge on any atom is 0.255 e. The Labute approximate surface area is 153 Å². The fourth-order valence-electron chi connectivity index (χ4n) is 2.42. The zero-order valence-corrected chi connectivity index (χ0v) is 15.2. The summed E-state index contributed by atoms with van der Waals surface area (Å²) in [5.41, 5.74) is 1.90. The molecule has 1 aromatic rings. The van der Waals surface area contributed by atoms with Gasteiger partial charge in [0.2, 0.25) is 12.1 Å². The van der Waals surface area contributed by atoms with Crippen LogP contribution >= 0.6 is 27.7 Å². The Bertz CT molecular complexity index is 693. The van der Waals surface area contributed by atoms with Crippen molar-refractivity contribution in [3.63, 3.8) is 0 Å². The Morgan fingerprint density at radius 2 is 2.22 bits per heavy atom. The van der Waals surface area contributed by atoms with Gasteiger partial charge in [0.15, 0.2) is 0 Å². The van der Waals surface area contributed by atoms with Crippen molar-refractivity contribution in [3.8, 4) is 0 Å². The third-order valence-electron chi connectivity index (χ3n) is 3.53.